The van der Waals surface area contributed by atoms with Crippen LogP contribution >= 0.6 is 24.0 Å². The first kappa shape index (κ1) is 24.0. The minimum absolute atomic E-state index is 0. The van der Waals surface area contributed by atoms with Gasteiger partial charge < -0.3 is 20.3 Å². The van der Waals surface area contributed by atoms with E-state index in [0.717, 1.165) is 38.8 Å². The van der Waals surface area contributed by atoms with Crippen molar-refractivity contribution in [2.24, 2.45) is 4.99 Å². The summed E-state index contributed by atoms with van der Waals surface area (Å²) in [5.74, 6) is 0.911. The van der Waals surface area contributed by atoms with Crippen LogP contribution in [0.5, 0.6) is 0 Å². The van der Waals surface area contributed by atoms with E-state index in [1.165, 1.54) is 36.9 Å². The Labute approximate surface area is 182 Å². The predicted molar refractivity (Wildman–Crippen MR) is 126 cm³/mol. The number of halogens is 1. The lowest BCUT2D eigenvalue weighted by Crippen LogP contribution is -2.42. The van der Waals surface area contributed by atoms with Gasteiger partial charge in [0, 0.05) is 31.4 Å². The van der Waals surface area contributed by atoms with Crippen LogP contribution in [0.3, 0.4) is 0 Å². The Bertz CT molecular complexity index is 529. The Balaban J connectivity index is 0.00000364. The second-order valence-corrected chi connectivity index (χ2v) is 7.00. The minimum atomic E-state index is 0. The first-order valence-electron chi connectivity index (χ1n) is 10.2. The normalized spacial score (nSPS) is 15.8. The molecule has 154 valence electrons. The third-order valence-corrected chi connectivity index (χ3v) is 4.70. The lowest BCUT2D eigenvalue weighted by molar-refractivity contribution is 0.122. The fraction of sp³-hybridized carbons (Fsp3) is 0.667. The quantitative estimate of drug-likeness (QED) is 0.237. The molecule has 1 aliphatic heterocycles. The smallest absolute Gasteiger partial charge is 0.191 e. The molecule has 0 aromatic heterocycles. The Morgan fingerprint density at radius 1 is 1.15 bits per heavy atom. The van der Waals surface area contributed by atoms with Gasteiger partial charge in [0.25, 0.3) is 0 Å². The number of morpholine rings is 1. The number of benzene rings is 1. The Morgan fingerprint density at radius 3 is 2.48 bits per heavy atom. The zero-order chi connectivity index (χ0) is 18.6. The van der Waals surface area contributed by atoms with Crippen molar-refractivity contribution in [2.75, 3.05) is 37.7 Å². The van der Waals surface area contributed by atoms with Crippen LogP contribution in [0.2, 0.25) is 0 Å². The molecule has 0 radical (unpaired) electrons. The molecule has 1 aliphatic rings. The van der Waals surface area contributed by atoms with Crippen molar-refractivity contribution < 1.29 is 4.74 Å². The lowest BCUT2D eigenvalue weighted by atomic mass is 10.1. The zero-order valence-electron chi connectivity index (χ0n) is 17.2. The van der Waals surface area contributed by atoms with E-state index in [1.807, 2.05) is 0 Å². The van der Waals surface area contributed by atoms with E-state index in [0.29, 0.717) is 12.6 Å². The van der Waals surface area contributed by atoms with Crippen LogP contribution in [0.15, 0.2) is 29.3 Å². The number of nitrogens with zero attached hydrogens (tertiary/aromatic N) is 2. The van der Waals surface area contributed by atoms with E-state index in [1.54, 1.807) is 0 Å². The number of ether oxygens (including phenoxy) is 1. The SMILES string of the molecule is CCCCCC(C)NC(=NCc1ccc(N2CCOCC2)cc1)NCC.I. The average Bonchev–Trinajstić information content (AvgIpc) is 2.67. The van der Waals surface area contributed by atoms with Gasteiger partial charge in [-0.3, -0.25) is 0 Å². The van der Waals surface area contributed by atoms with Gasteiger partial charge in [-0.25, -0.2) is 4.99 Å². The van der Waals surface area contributed by atoms with Crippen LogP contribution in [0.1, 0.15) is 52.0 Å². The summed E-state index contributed by atoms with van der Waals surface area (Å²) >= 11 is 0. The minimum Gasteiger partial charge on any atom is -0.378 e. The second kappa shape index (κ2) is 14.0. The van der Waals surface area contributed by atoms with Gasteiger partial charge >= 0.3 is 0 Å². The fourth-order valence-electron chi connectivity index (χ4n) is 3.13. The molecule has 0 amide bonds. The molecule has 2 rings (SSSR count). The third-order valence-electron chi connectivity index (χ3n) is 4.70. The van der Waals surface area contributed by atoms with Crippen molar-refractivity contribution in [3.63, 3.8) is 0 Å². The molecule has 0 spiro atoms. The molecule has 27 heavy (non-hydrogen) atoms. The van der Waals surface area contributed by atoms with Crippen LogP contribution in [-0.4, -0.2) is 44.8 Å². The number of hydrogen-bond donors (Lipinski definition) is 2. The van der Waals surface area contributed by atoms with Gasteiger partial charge in [0.2, 0.25) is 0 Å². The van der Waals surface area contributed by atoms with Crippen LogP contribution in [-0.2, 0) is 11.3 Å². The summed E-state index contributed by atoms with van der Waals surface area (Å²) in [5, 5.41) is 6.88. The molecule has 0 saturated carbocycles. The Kier molecular flexibility index (Phi) is 12.5. The van der Waals surface area contributed by atoms with Crippen molar-refractivity contribution in [2.45, 2.75) is 59.0 Å². The summed E-state index contributed by atoms with van der Waals surface area (Å²) in [6.45, 7) is 11.7. The van der Waals surface area contributed by atoms with Gasteiger partial charge in [0.15, 0.2) is 5.96 Å². The maximum absolute atomic E-state index is 5.42. The van der Waals surface area contributed by atoms with Gasteiger partial charge in [0.05, 0.1) is 19.8 Å². The molecule has 5 nitrogen and oxygen atoms in total. The summed E-state index contributed by atoms with van der Waals surface area (Å²) in [5.41, 5.74) is 2.51. The molecule has 1 unspecified atom stereocenters. The molecule has 1 aromatic rings. The van der Waals surface area contributed by atoms with Crippen LogP contribution in [0.4, 0.5) is 5.69 Å². The number of unbranched alkanes of at least 4 members (excludes halogenated alkanes) is 2. The molecule has 0 aliphatic carbocycles. The standard InChI is InChI=1S/C21H36N4O.HI/c1-4-6-7-8-18(3)24-21(22-5-2)23-17-19-9-11-20(12-10-19)25-13-15-26-16-14-25;/h9-12,18H,4-8,13-17H2,1-3H3,(H2,22,23,24);1H. The van der Waals surface area contributed by atoms with E-state index in [9.17, 15) is 0 Å². The van der Waals surface area contributed by atoms with Crippen molar-refractivity contribution in [1.29, 1.82) is 0 Å². The number of rotatable bonds is 9. The van der Waals surface area contributed by atoms with Gasteiger partial charge in [-0.1, -0.05) is 38.3 Å². The predicted octanol–water partition coefficient (Wildman–Crippen LogP) is 4.17. The van der Waals surface area contributed by atoms with Crippen molar-refractivity contribution in [3.8, 4) is 0 Å². The zero-order valence-corrected chi connectivity index (χ0v) is 19.5. The number of aliphatic imine (C=N–C) groups is 1. The van der Waals surface area contributed by atoms with Crippen molar-refractivity contribution in [3.05, 3.63) is 29.8 Å². The highest BCUT2D eigenvalue weighted by Gasteiger charge is 2.10. The molecular formula is C21H37IN4O. The highest BCUT2D eigenvalue weighted by molar-refractivity contribution is 14.0. The first-order chi connectivity index (χ1) is 12.7. The van der Waals surface area contributed by atoms with E-state index >= 15 is 0 Å². The highest BCUT2D eigenvalue weighted by Crippen LogP contribution is 2.17. The molecule has 0 bridgehead atoms. The number of anilines is 1. The molecular weight excluding hydrogens is 451 g/mol. The van der Waals surface area contributed by atoms with Gasteiger partial charge in [-0.15, -0.1) is 24.0 Å². The lowest BCUT2D eigenvalue weighted by Gasteiger charge is -2.28. The summed E-state index contributed by atoms with van der Waals surface area (Å²) in [4.78, 5) is 7.13. The van der Waals surface area contributed by atoms with Gasteiger partial charge in [-0.2, -0.15) is 0 Å². The summed E-state index contributed by atoms with van der Waals surface area (Å²) < 4.78 is 5.42. The molecule has 2 N–H and O–H groups in total. The molecule has 1 aromatic carbocycles. The molecule has 1 saturated heterocycles. The largest absolute Gasteiger partial charge is 0.378 e. The molecule has 6 heteroatoms. The van der Waals surface area contributed by atoms with Gasteiger partial charge in [-0.05, 0) is 38.0 Å². The van der Waals surface area contributed by atoms with E-state index in [2.05, 4.69) is 60.6 Å². The maximum Gasteiger partial charge on any atom is 0.191 e. The third kappa shape index (κ3) is 9.14. The Hall–Kier alpha value is -1.02. The number of nitrogens with one attached hydrogen (secondary N) is 2. The second-order valence-electron chi connectivity index (χ2n) is 7.00. The fourth-order valence-corrected chi connectivity index (χ4v) is 3.13. The molecule has 1 atom stereocenters. The summed E-state index contributed by atoms with van der Waals surface area (Å²) in [6.07, 6.45) is 5.02. The van der Waals surface area contributed by atoms with E-state index in [4.69, 9.17) is 9.73 Å². The average molecular weight is 488 g/mol. The molecule has 1 heterocycles. The van der Waals surface area contributed by atoms with Gasteiger partial charge in [0.1, 0.15) is 0 Å². The van der Waals surface area contributed by atoms with Crippen LogP contribution in [0.25, 0.3) is 0 Å². The van der Waals surface area contributed by atoms with Crippen molar-refractivity contribution in [1.82, 2.24) is 10.6 Å². The number of guanidine groups is 1. The van der Waals surface area contributed by atoms with E-state index in [-0.39, 0.29) is 24.0 Å². The number of hydrogen-bond acceptors (Lipinski definition) is 3. The van der Waals surface area contributed by atoms with Crippen molar-refractivity contribution >= 4 is 35.6 Å². The Morgan fingerprint density at radius 2 is 1.85 bits per heavy atom. The van der Waals surface area contributed by atoms with E-state index < -0.39 is 0 Å². The summed E-state index contributed by atoms with van der Waals surface area (Å²) in [6, 6.07) is 9.21. The monoisotopic (exact) mass is 488 g/mol. The van der Waals surface area contributed by atoms with Crippen LogP contribution in [0, 0.1) is 0 Å². The van der Waals surface area contributed by atoms with Crippen LogP contribution < -0.4 is 15.5 Å². The highest BCUT2D eigenvalue weighted by atomic mass is 127. The topological polar surface area (TPSA) is 48.9 Å². The summed E-state index contributed by atoms with van der Waals surface area (Å²) in [7, 11) is 0. The first-order valence-corrected chi connectivity index (χ1v) is 10.2. The maximum atomic E-state index is 5.42. The molecule has 1 fully saturated rings.